The predicted molar refractivity (Wildman–Crippen MR) is 59.1 cm³/mol. The normalized spacial score (nSPS) is 12.6. The lowest BCUT2D eigenvalue weighted by atomic mass is 10.1. The van der Waals surface area contributed by atoms with Gasteiger partial charge in [0.2, 0.25) is 0 Å². The standard InChI is InChI=1S/C12H18FN/c1-4-9(2)8-14-12-6-5-11(13)7-10(12)3/h5-7,9,14H,4,8H2,1-3H3. The van der Waals surface area contributed by atoms with Crippen LogP contribution in [0.15, 0.2) is 18.2 Å². The topological polar surface area (TPSA) is 12.0 Å². The van der Waals surface area contributed by atoms with Crippen LogP contribution in [0.1, 0.15) is 25.8 Å². The molecule has 2 heteroatoms. The maximum Gasteiger partial charge on any atom is 0.123 e. The molecule has 0 heterocycles. The first-order chi connectivity index (χ1) is 6.63. The lowest BCUT2D eigenvalue weighted by Gasteiger charge is -2.13. The molecular formula is C12H18FN. The molecule has 1 atom stereocenters. The predicted octanol–water partition coefficient (Wildman–Crippen LogP) is 3.59. The molecule has 78 valence electrons. The smallest absolute Gasteiger partial charge is 0.123 e. The van der Waals surface area contributed by atoms with E-state index in [1.165, 1.54) is 6.07 Å². The van der Waals surface area contributed by atoms with Crippen molar-refractivity contribution in [3.63, 3.8) is 0 Å². The van der Waals surface area contributed by atoms with Crippen molar-refractivity contribution in [2.45, 2.75) is 27.2 Å². The zero-order valence-corrected chi connectivity index (χ0v) is 9.10. The summed E-state index contributed by atoms with van der Waals surface area (Å²) in [5.74, 6) is 0.482. The summed E-state index contributed by atoms with van der Waals surface area (Å²) in [7, 11) is 0. The van der Waals surface area contributed by atoms with E-state index in [4.69, 9.17) is 0 Å². The molecule has 0 spiro atoms. The van der Waals surface area contributed by atoms with Crippen molar-refractivity contribution < 1.29 is 4.39 Å². The van der Waals surface area contributed by atoms with Gasteiger partial charge >= 0.3 is 0 Å². The molecular weight excluding hydrogens is 177 g/mol. The van der Waals surface area contributed by atoms with E-state index in [1.807, 2.05) is 6.92 Å². The average Bonchev–Trinajstić information content (AvgIpc) is 2.16. The highest BCUT2D eigenvalue weighted by Crippen LogP contribution is 2.16. The molecule has 0 aliphatic heterocycles. The monoisotopic (exact) mass is 195 g/mol. The number of rotatable bonds is 4. The molecule has 14 heavy (non-hydrogen) atoms. The van der Waals surface area contributed by atoms with Gasteiger partial charge in [-0.2, -0.15) is 0 Å². The Hall–Kier alpha value is -1.05. The zero-order valence-electron chi connectivity index (χ0n) is 9.10. The van der Waals surface area contributed by atoms with Gasteiger partial charge in [0.05, 0.1) is 0 Å². The summed E-state index contributed by atoms with van der Waals surface area (Å²) in [6.45, 7) is 7.24. The fraction of sp³-hybridized carbons (Fsp3) is 0.500. The Balaban J connectivity index is 2.59. The molecule has 0 aliphatic rings. The Bertz CT molecular complexity index is 296. The molecule has 0 saturated heterocycles. The number of benzene rings is 1. The molecule has 0 radical (unpaired) electrons. The van der Waals surface area contributed by atoms with Crippen LogP contribution in [0.25, 0.3) is 0 Å². The Kier molecular flexibility index (Phi) is 3.93. The number of halogens is 1. The minimum absolute atomic E-state index is 0.170. The first kappa shape index (κ1) is 11.0. The summed E-state index contributed by atoms with van der Waals surface area (Å²) < 4.78 is 12.8. The summed E-state index contributed by atoms with van der Waals surface area (Å²) in [6.07, 6.45) is 1.16. The first-order valence-electron chi connectivity index (χ1n) is 5.13. The molecule has 1 nitrogen and oxygen atoms in total. The van der Waals surface area contributed by atoms with E-state index < -0.39 is 0 Å². The lowest BCUT2D eigenvalue weighted by Crippen LogP contribution is -2.10. The fourth-order valence-electron chi connectivity index (χ4n) is 1.25. The van der Waals surface area contributed by atoms with Gasteiger partial charge in [-0.25, -0.2) is 4.39 Å². The second kappa shape index (κ2) is 4.99. The fourth-order valence-corrected chi connectivity index (χ4v) is 1.25. The number of anilines is 1. The van der Waals surface area contributed by atoms with E-state index in [9.17, 15) is 4.39 Å². The minimum atomic E-state index is -0.170. The third kappa shape index (κ3) is 3.02. The molecule has 0 aliphatic carbocycles. The van der Waals surface area contributed by atoms with Gasteiger partial charge in [0.1, 0.15) is 5.82 Å². The maximum atomic E-state index is 12.8. The third-order valence-electron chi connectivity index (χ3n) is 2.53. The van der Waals surface area contributed by atoms with Crippen LogP contribution in [0.2, 0.25) is 0 Å². The molecule has 1 N–H and O–H groups in total. The van der Waals surface area contributed by atoms with Gasteiger partial charge in [-0.05, 0) is 36.6 Å². The zero-order chi connectivity index (χ0) is 10.6. The van der Waals surface area contributed by atoms with Crippen LogP contribution in [-0.4, -0.2) is 6.54 Å². The number of hydrogen-bond acceptors (Lipinski definition) is 1. The van der Waals surface area contributed by atoms with Crippen molar-refractivity contribution in [2.24, 2.45) is 5.92 Å². The molecule has 0 amide bonds. The summed E-state index contributed by atoms with van der Waals surface area (Å²) in [4.78, 5) is 0. The second-order valence-corrected chi connectivity index (χ2v) is 3.85. The Morgan fingerprint density at radius 2 is 2.14 bits per heavy atom. The molecule has 0 saturated carbocycles. The number of hydrogen-bond donors (Lipinski definition) is 1. The molecule has 1 rings (SSSR count). The highest BCUT2D eigenvalue weighted by atomic mass is 19.1. The van der Waals surface area contributed by atoms with Gasteiger partial charge in [-0.15, -0.1) is 0 Å². The van der Waals surface area contributed by atoms with Gasteiger partial charge < -0.3 is 5.32 Å². The Labute approximate surface area is 85.3 Å². The quantitative estimate of drug-likeness (QED) is 0.774. The summed E-state index contributed by atoms with van der Waals surface area (Å²) in [5.41, 5.74) is 2.00. The van der Waals surface area contributed by atoms with Crippen molar-refractivity contribution in [3.05, 3.63) is 29.6 Å². The molecule has 1 aromatic carbocycles. The van der Waals surface area contributed by atoms with E-state index in [0.717, 1.165) is 24.2 Å². The minimum Gasteiger partial charge on any atom is -0.385 e. The Morgan fingerprint density at radius 1 is 1.43 bits per heavy atom. The maximum absolute atomic E-state index is 12.8. The van der Waals surface area contributed by atoms with Crippen molar-refractivity contribution >= 4 is 5.69 Å². The van der Waals surface area contributed by atoms with E-state index in [0.29, 0.717) is 5.92 Å². The Morgan fingerprint density at radius 3 is 2.71 bits per heavy atom. The molecule has 1 unspecified atom stereocenters. The molecule has 0 fully saturated rings. The van der Waals surface area contributed by atoms with E-state index in [-0.39, 0.29) is 5.82 Å². The summed E-state index contributed by atoms with van der Waals surface area (Å²) in [5, 5.41) is 3.32. The second-order valence-electron chi connectivity index (χ2n) is 3.85. The van der Waals surface area contributed by atoms with Crippen LogP contribution in [0, 0.1) is 18.7 Å². The molecule has 0 bridgehead atoms. The van der Waals surface area contributed by atoms with Crippen LogP contribution in [0.3, 0.4) is 0 Å². The van der Waals surface area contributed by atoms with Gasteiger partial charge in [0, 0.05) is 12.2 Å². The van der Waals surface area contributed by atoms with Crippen LogP contribution >= 0.6 is 0 Å². The van der Waals surface area contributed by atoms with Crippen LogP contribution in [-0.2, 0) is 0 Å². The highest BCUT2D eigenvalue weighted by molar-refractivity contribution is 5.50. The van der Waals surface area contributed by atoms with Crippen LogP contribution < -0.4 is 5.32 Å². The van der Waals surface area contributed by atoms with Crippen molar-refractivity contribution in [3.8, 4) is 0 Å². The van der Waals surface area contributed by atoms with E-state index >= 15 is 0 Å². The number of nitrogens with one attached hydrogen (secondary N) is 1. The first-order valence-corrected chi connectivity index (χ1v) is 5.13. The largest absolute Gasteiger partial charge is 0.385 e. The third-order valence-corrected chi connectivity index (χ3v) is 2.53. The van der Waals surface area contributed by atoms with Crippen molar-refractivity contribution in [2.75, 3.05) is 11.9 Å². The van der Waals surface area contributed by atoms with Gasteiger partial charge in [0.25, 0.3) is 0 Å². The van der Waals surface area contributed by atoms with Crippen molar-refractivity contribution in [1.29, 1.82) is 0 Å². The molecule has 1 aromatic rings. The summed E-state index contributed by atoms with van der Waals surface area (Å²) in [6, 6.07) is 4.85. The van der Waals surface area contributed by atoms with Crippen LogP contribution in [0.4, 0.5) is 10.1 Å². The van der Waals surface area contributed by atoms with Gasteiger partial charge in [-0.1, -0.05) is 20.3 Å². The van der Waals surface area contributed by atoms with E-state index in [2.05, 4.69) is 19.2 Å². The SMILES string of the molecule is CCC(C)CNc1ccc(F)cc1C. The van der Waals surface area contributed by atoms with E-state index in [1.54, 1.807) is 12.1 Å². The van der Waals surface area contributed by atoms with Gasteiger partial charge in [0.15, 0.2) is 0 Å². The van der Waals surface area contributed by atoms with Crippen molar-refractivity contribution in [1.82, 2.24) is 0 Å². The molecule has 0 aromatic heterocycles. The van der Waals surface area contributed by atoms with Gasteiger partial charge in [-0.3, -0.25) is 0 Å². The number of aryl methyl sites for hydroxylation is 1. The van der Waals surface area contributed by atoms with Crippen LogP contribution in [0.5, 0.6) is 0 Å². The summed E-state index contributed by atoms with van der Waals surface area (Å²) >= 11 is 0. The average molecular weight is 195 g/mol. The highest BCUT2D eigenvalue weighted by Gasteiger charge is 2.01. The lowest BCUT2D eigenvalue weighted by molar-refractivity contribution is 0.593.